The molecule has 0 unspecified atom stereocenters. The van der Waals surface area contributed by atoms with Crippen molar-refractivity contribution in [2.75, 3.05) is 6.61 Å². The zero-order valence-electron chi connectivity index (χ0n) is 10.8. The van der Waals surface area contributed by atoms with E-state index >= 15 is 0 Å². The van der Waals surface area contributed by atoms with E-state index in [9.17, 15) is 9.59 Å². The molecular formula is C14H11BrN2O3S. The molecule has 0 saturated carbocycles. The van der Waals surface area contributed by atoms with E-state index in [1.165, 1.54) is 6.08 Å². The van der Waals surface area contributed by atoms with Crippen LogP contribution in [0.5, 0.6) is 5.75 Å². The maximum absolute atomic E-state index is 11.7. The van der Waals surface area contributed by atoms with Crippen LogP contribution in [-0.2, 0) is 9.59 Å². The molecule has 1 saturated heterocycles. The Balaban J connectivity index is 2.26. The fourth-order valence-corrected chi connectivity index (χ4v) is 2.34. The van der Waals surface area contributed by atoms with Crippen molar-refractivity contribution in [1.29, 1.82) is 0 Å². The number of hydrogen-bond donors (Lipinski definition) is 2. The lowest BCUT2D eigenvalue weighted by molar-refractivity contribution is -0.123. The molecule has 5 nitrogen and oxygen atoms in total. The Hall–Kier alpha value is -1.99. The quantitative estimate of drug-likeness (QED) is 0.369. The Bertz CT molecular complexity index is 648. The minimum Gasteiger partial charge on any atom is -0.488 e. The summed E-state index contributed by atoms with van der Waals surface area (Å²) in [5, 5.41) is 4.77. The second-order valence-corrected chi connectivity index (χ2v) is 5.35. The summed E-state index contributed by atoms with van der Waals surface area (Å²) >= 11 is 8.10. The van der Waals surface area contributed by atoms with Crippen LogP contribution in [0.1, 0.15) is 5.56 Å². The Morgan fingerprint density at radius 1 is 1.29 bits per heavy atom. The molecule has 2 N–H and O–H groups in total. The van der Waals surface area contributed by atoms with Crippen molar-refractivity contribution in [3.8, 4) is 5.75 Å². The van der Waals surface area contributed by atoms with Gasteiger partial charge in [0.1, 0.15) is 17.9 Å². The molecule has 0 aliphatic carbocycles. The molecule has 1 heterocycles. The second kappa shape index (κ2) is 6.64. The van der Waals surface area contributed by atoms with Crippen molar-refractivity contribution >= 4 is 51.2 Å². The normalized spacial score (nSPS) is 14.3. The molecule has 0 radical (unpaired) electrons. The summed E-state index contributed by atoms with van der Waals surface area (Å²) in [5.41, 5.74) is 0.677. The van der Waals surface area contributed by atoms with Gasteiger partial charge in [-0.15, -0.1) is 0 Å². The summed E-state index contributed by atoms with van der Waals surface area (Å²) in [4.78, 5) is 23.5. The average Bonchev–Trinajstić information content (AvgIpc) is 2.42. The zero-order chi connectivity index (χ0) is 15.4. The number of thiocarbonyl (C=S) groups is 1. The number of amides is 2. The molecule has 1 aliphatic heterocycles. The molecule has 2 amide bonds. The number of benzene rings is 1. The van der Waals surface area contributed by atoms with Crippen LogP contribution in [-0.4, -0.2) is 23.5 Å². The standard InChI is InChI=1S/C14H11BrN2O3S/c1-2-5-20-11-4-3-8(7-10(11)15)6-9-12(18)16-14(21)17-13(9)19/h2-4,6-7H,1,5H2,(H2,16,17,18,19,21). The van der Waals surface area contributed by atoms with E-state index < -0.39 is 11.8 Å². The molecule has 0 bridgehead atoms. The summed E-state index contributed by atoms with van der Waals surface area (Å²) in [7, 11) is 0. The molecule has 0 atom stereocenters. The lowest BCUT2D eigenvalue weighted by Crippen LogP contribution is -2.51. The minimum atomic E-state index is -0.521. The van der Waals surface area contributed by atoms with Crippen LogP contribution in [0.2, 0.25) is 0 Å². The topological polar surface area (TPSA) is 67.4 Å². The van der Waals surface area contributed by atoms with Gasteiger partial charge in [0, 0.05) is 0 Å². The molecule has 21 heavy (non-hydrogen) atoms. The molecular weight excluding hydrogens is 356 g/mol. The third kappa shape index (κ3) is 3.77. The Morgan fingerprint density at radius 3 is 2.52 bits per heavy atom. The average molecular weight is 367 g/mol. The largest absolute Gasteiger partial charge is 0.488 e. The number of rotatable bonds is 4. The number of hydrogen-bond acceptors (Lipinski definition) is 4. The summed E-state index contributed by atoms with van der Waals surface area (Å²) in [5.74, 6) is -0.394. The van der Waals surface area contributed by atoms with E-state index in [2.05, 4.69) is 33.1 Å². The molecule has 0 aromatic heterocycles. The summed E-state index contributed by atoms with van der Waals surface area (Å²) in [6.07, 6.45) is 3.12. The van der Waals surface area contributed by atoms with Crippen LogP contribution >= 0.6 is 28.1 Å². The molecule has 1 aliphatic rings. The lowest BCUT2D eigenvalue weighted by Gasteiger charge is -2.16. The maximum atomic E-state index is 11.7. The molecule has 108 valence electrons. The number of halogens is 1. The van der Waals surface area contributed by atoms with Crippen LogP contribution < -0.4 is 15.4 Å². The van der Waals surface area contributed by atoms with Gasteiger partial charge in [0.2, 0.25) is 0 Å². The monoisotopic (exact) mass is 366 g/mol. The summed E-state index contributed by atoms with van der Waals surface area (Å²) < 4.78 is 6.14. The van der Waals surface area contributed by atoms with Crippen LogP contribution in [0.4, 0.5) is 0 Å². The van der Waals surface area contributed by atoms with E-state index in [0.29, 0.717) is 22.4 Å². The first-order valence-corrected chi connectivity index (χ1v) is 7.13. The highest BCUT2D eigenvalue weighted by Gasteiger charge is 2.25. The molecule has 0 spiro atoms. The number of carbonyl (C=O) groups is 2. The van der Waals surface area contributed by atoms with Gasteiger partial charge < -0.3 is 4.74 Å². The van der Waals surface area contributed by atoms with Gasteiger partial charge in [0.25, 0.3) is 11.8 Å². The van der Waals surface area contributed by atoms with Gasteiger partial charge >= 0.3 is 0 Å². The van der Waals surface area contributed by atoms with E-state index in [-0.39, 0.29) is 10.7 Å². The van der Waals surface area contributed by atoms with Crippen LogP contribution in [0, 0.1) is 0 Å². The Labute approximate surface area is 135 Å². The zero-order valence-corrected chi connectivity index (χ0v) is 13.2. The first-order valence-electron chi connectivity index (χ1n) is 5.93. The lowest BCUT2D eigenvalue weighted by atomic mass is 10.1. The summed E-state index contributed by atoms with van der Waals surface area (Å²) in [6, 6.07) is 5.23. The van der Waals surface area contributed by atoms with E-state index in [1.54, 1.807) is 24.3 Å². The van der Waals surface area contributed by atoms with Crippen LogP contribution in [0.15, 0.2) is 40.9 Å². The summed E-state index contributed by atoms with van der Waals surface area (Å²) in [6.45, 7) is 3.96. The van der Waals surface area contributed by atoms with Crippen molar-refractivity contribution in [3.63, 3.8) is 0 Å². The molecule has 1 aromatic carbocycles. The molecule has 1 fully saturated rings. The van der Waals surface area contributed by atoms with Gasteiger partial charge in [-0.25, -0.2) is 0 Å². The van der Waals surface area contributed by atoms with Crippen LogP contribution in [0.3, 0.4) is 0 Å². The fourth-order valence-electron chi connectivity index (χ4n) is 1.65. The predicted octanol–water partition coefficient (Wildman–Crippen LogP) is 1.93. The third-order valence-electron chi connectivity index (χ3n) is 2.57. The van der Waals surface area contributed by atoms with Gasteiger partial charge in [0.05, 0.1) is 4.47 Å². The number of ether oxygens (including phenoxy) is 1. The van der Waals surface area contributed by atoms with Crippen molar-refractivity contribution in [2.24, 2.45) is 0 Å². The highest BCUT2D eigenvalue weighted by atomic mass is 79.9. The molecule has 2 rings (SSSR count). The third-order valence-corrected chi connectivity index (χ3v) is 3.39. The first-order chi connectivity index (χ1) is 10.0. The molecule has 1 aromatic rings. The first kappa shape index (κ1) is 15.4. The van der Waals surface area contributed by atoms with Gasteiger partial charge in [-0.05, 0) is 51.9 Å². The van der Waals surface area contributed by atoms with E-state index in [4.69, 9.17) is 17.0 Å². The number of carbonyl (C=O) groups excluding carboxylic acids is 2. The molecule has 7 heteroatoms. The number of nitrogens with one attached hydrogen (secondary N) is 2. The van der Waals surface area contributed by atoms with E-state index in [0.717, 1.165) is 0 Å². The Kier molecular flexibility index (Phi) is 4.87. The fraction of sp³-hybridized carbons (Fsp3) is 0.0714. The predicted molar refractivity (Wildman–Crippen MR) is 86.7 cm³/mol. The van der Waals surface area contributed by atoms with Crippen molar-refractivity contribution in [1.82, 2.24) is 10.6 Å². The van der Waals surface area contributed by atoms with Gasteiger partial charge in [-0.2, -0.15) is 0 Å². The smallest absolute Gasteiger partial charge is 0.263 e. The minimum absolute atomic E-state index is 0.00439. The Morgan fingerprint density at radius 2 is 1.95 bits per heavy atom. The highest BCUT2D eigenvalue weighted by molar-refractivity contribution is 9.10. The van der Waals surface area contributed by atoms with Gasteiger partial charge in [-0.1, -0.05) is 18.7 Å². The second-order valence-electron chi connectivity index (χ2n) is 4.08. The van der Waals surface area contributed by atoms with Gasteiger partial charge in [0.15, 0.2) is 5.11 Å². The maximum Gasteiger partial charge on any atom is 0.263 e. The highest BCUT2D eigenvalue weighted by Crippen LogP contribution is 2.27. The van der Waals surface area contributed by atoms with Crippen molar-refractivity contribution < 1.29 is 14.3 Å². The van der Waals surface area contributed by atoms with Crippen LogP contribution in [0.25, 0.3) is 6.08 Å². The van der Waals surface area contributed by atoms with Crippen molar-refractivity contribution in [2.45, 2.75) is 0 Å². The van der Waals surface area contributed by atoms with Crippen molar-refractivity contribution in [3.05, 3.63) is 46.5 Å². The SMILES string of the molecule is C=CCOc1ccc(C=C2C(=O)NC(=S)NC2=O)cc1Br. The van der Waals surface area contributed by atoms with Gasteiger partial charge in [-0.3, -0.25) is 20.2 Å². The van der Waals surface area contributed by atoms with E-state index in [1.807, 2.05) is 0 Å².